The standard InChI is InChI=1S/C27H28N2O3/c1-20-10-12-22(13-11-20)25(21-6-3-2-4-7-21)28-14-16-29(17-15-28)27(30)23-8-5-9-24-26(23)32-19-18-31-24/h2-13,25H,14-19H2,1H3. The highest BCUT2D eigenvalue weighted by atomic mass is 16.6. The van der Waals surface area contributed by atoms with Crippen LogP contribution in [0.2, 0.25) is 0 Å². The summed E-state index contributed by atoms with van der Waals surface area (Å²) >= 11 is 0. The Balaban J connectivity index is 1.35. The van der Waals surface area contributed by atoms with Gasteiger partial charge in [0.2, 0.25) is 0 Å². The maximum absolute atomic E-state index is 13.3. The van der Waals surface area contributed by atoms with Crippen LogP contribution in [0.4, 0.5) is 0 Å². The fourth-order valence-corrected chi connectivity index (χ4v) is 4.59. The minimum Gasteiger partial charge on any atom is -0.486 e. The molecule has 1 fully saturated rings. The van der Waals surface area contributed by atoms with Crippen LogP contribution in [-0.4, -0.2) is 55.1 Å². The molecule has 3 aromatic carbocycles. The van der Waals surface area contributed by atoms with Crippen LogP contribution in [0.3, 0.4) is 0 Å². The lowest BCUT2D eigenvalue weighted by Crippen LogP contribution is -2.50. The summed E-state index contributed by atoms with van der Waals surface area (Å²) in [5.74, 6) is 1.25. The Morgan fingerprint density at radius 2 is 1.47 bits per heavy atom. The molecular formula is C27H28N2O3. The molecule has 0 aromatic heterocycles. The molecule has 1 atom stereocenters. The van der Waals surface area contributed by atoms with Crippen LogP contribution in [0.1, 0.15) is 33.1 Å². The molecule has 0 spiro atoms. The molecule has 164 valence electrons. The number of hydrogen-bond donors (Lipinski definition) is 0. The van der Waals surface area contributed by atoms with Crippen molar-refractivity contribution in [2.75, 3.05) is 39.4 Å². The molecule has 32 heavy (non-hydrogen) atoms. The monoisotopic (exact) mass is 428 g/mol. The number of nitrogens with zero attached hydrogens (tertiary/aromatic N) is 2. The molecule has 2 heterocycles. The van der Waals surface area contributed by atoms with Gasteiger partial charge in [-0.25, -0.2) is 0 Å². The Morgan fingerprint density at radius 3 is 2.22 bits per heavy atom. The zero-order valence-corrected chi connectivity index (χ0v) is 18.4. The summed E-state index contributed by atoms with van der Waals surface area (Å²) in [6.07, 6.45) is 0. The van der Waals surface area contributed by atoms with Crippen molar-refractivity contribution in [3.63, 3.8) is 0 Å². The Morgan fingerprint density at radius 1 is 0.781 bits per heavy atom. The fourth-order valence-electron chi connectivity index (χ4n) is 4.59. The van der Waals surface area contributed by atoms with Gasteiger partial charge in [-0.1, -0.05) is 66.2 Å². The zero-order chi connectivity index (χ0) is 21.9. The molecule has 0 bridgehead atoms. The molecule has 5 nitrogen and oxygen atoms in total. The largest absolute Gasteiger partial charge is 0.486 e. The Hall–Kier alpha value is -3.31. The summed E-state index contributed by atoms with van der Waals surface area (Å²) < 4.78 is 11.4. The van der Waals surface area contributed by atoms with E-state index in [4.69, 9.17) is 9.47 Å². The number of ether oxygens (including phenoxy) is 2. The average Bonchev–Trinajstić information content (AvgIpc) is 2.86. The van der Waals surface area contributed by atoms with E-state index in [0.29, 0.717) is 43.4 Å². The molecule has 1 saturated heterocycles. The summed E-state index contributed by atoms with van der Waals surface area (Å²) in [7, 11) is 0. The molecule has 0 saturated carbocycles. The first kappa shape index (κ1) is 20.6. The van der Waals surface area contributed by atoms with E-state index in [0.717, 1.165) is 13.1 Å². The van der Waals surface area contributed by atoms with Gasteiger partial charge in [-0.2, -0.15) is 0 Å². The first-order valence-electron chi connectivity index (χ1n) is 11.2. The topological polar surface area (TPSA) is 42.0 Å². The summed E-state index contributed by atoms with van der Waals surface area (Å²) in [5, 5.41) is 0. The van der Waals surface area contributed by atoms with Gasteiger partial charge in [0.25, 0.3) is 5.91 Å². The summed E-state index contributed by atoms with van der Waals surface area (Å²) in [6, 6.07) is 25.1. The Kier molecular flexibility index (Phi) is 5.82. The minimum atomic E-state index is 0.0126. The van der Waals surface area contributed by atoms with Gasteiger partial charge >= 0.3 is 0 Å². The van der Waals surface area contributed by atoms with Crippen LogP contribution in [0.15, 0.2) is 72.8 Å². The van der Waals surface area contributed by atoms with Gasteiger partial charge in [-0.05, 0) is 30.2 Å². The number of piperazine rings is 1. The molecule has 1 amide bonds. The number of amides is 1. The van der Waals surface area contributed by atoms with Crippen molar-refractivity contribution in [3.05, 3.63) is 95.1 Å². The van der Waals surface area contributed by atoms with E-state index < -0.39 is 0 Å². The second-order valence-electron chi connectivity index (χ2n) is 8.38. The number of carbonyl (C=O) groups excluding carboxylic acids is 1. The third-order valence-electron chi connectivity index (χ3n) is 6.27. The van der Waals surface area contributed by atoms with Crippen molar-refractivity contribution in [1.29, 1.82) is 0 Å². The lowest BCUT2D eigenvalue weighted by molar-refractivity contribution is 0.0589. The molecule has 5 heteroatoms. The van der Waals surface area contributed by atoms with Gasteiger partial charge in [0.1, 0.15) is 13.2 Å². The second-order valence-corrected chi connectivity index (χ2v) is 8.38. The van der Waals surface area contributed by atoms with Crippen molar-refractivity contribution in [3.8, 4) is 11.5 Å². The molecule has 2 aliphatic heterocycles. The lowest BCUT2D eigenvalue weighted by Gasteiger charge is -2.40. The molecular weight excluding hydrogens is 400 g/mol. The van der Waals surface area contributed by atoms with Gasteiger partial charge < -0.3 is 14.4 Å². The number of hydrogen-bond acceptors (Lipinski definition) is 4. The van der Waals surface area contributed by atoms with E-state index >= 15 is 0 Å². The molecule has 2 aliphatic rings. The van der Waals surface area contributed by atoms with E-state index in [1.807, 2.05) is 23.1 Å². The quantitative estimate of drug-likeness (QED) is 0.621. The first-order valence-corrected chi connectivity index (χ1v) is 11.2. The number of benzene rings is 3. The van der Waals surface area contributed by atoms with Gasteiger partial charge in [-0.3, -0.25) is 9.69 Å². The van der Waals surface area contributed by atoms with Crippen molar-refractivity contribution in [2.45, 2.75) is 13.0 Å². The number of carbonyl (C=O) groups is 1. The fraction of sp³-hybridized carbons (Fsp3) is 0.296. The third-order valence-corrected chi connectivity index (χ3v) is 6.27. The lowest BCUT2D eigenvalue weighted by atomic mass is 9.95. The van der Waals surface area contributed by atoms with Crippen LogP contribution in [0.25, 0.3) is 0 Å². The Bertz CT molecular complexity index is 1070. The number of para-hydroxylation sites is 1. The van der Waals surface area contributed by atoms with E-state index in [1.165, 1.54) is 16.7 Å². The number of fused-ring (bicyclic) bond motifs is 1. The van der Waals surface area contributed by atoms with Crippen LogP contribution in [0.5, 0.6) is 11.5 Å². The van der Waals surface area contributed by atoms with Crippen molar-refractivity contribution in [2.24, 2.45) is 0 Å². The minimum absolute atomic E-state index is 0.0126. The zero-order valence-electron chi connectivity index (χ0n) is 18.4. The molecule has 5 rings (SSSR count). The summed E-state index contributed by atoms with van der Waals surface area (Å²) in [5.41, 5.74) is 4.41. The Labute approximate surface area is 189 Å². The first-order chi connectivity index (χ1) is 15.7. The van der Waals surface area contributed by atoms with Crippen LogP contribution >= 0.6 is 0 Å². The smallest absolute Gasteiger partial charge is 0.257 e. The molecule has 1 unspecified atom stereocenters. The van der Waals surface area contributed by atoms with E-state index in [9.17, 15) is 4.79 Å². The summed E-state index contributed by atoms with van der Waals surface area (Å²) in [4.78, 5) is 17.7. The normalized spacial score (nSPS) is 17.1. The maximum atomic E-state index is 13.3. The van der Waals surface area contributed by atoms with E-state index in [-0.39, 0.29) is 11.9 Å². The van der Waals surface area contributed by atoms with Gasteiger partial charge in [-0.15, -0.1) is 0 Å². The van der Waals surface area contributed by atoms with E-state index in [1.54, 1.807) is 0 Å². The molecule has 3 aromatic rings. The van der Waals surface area contributed by atoms with E-state index in [2.05, 4.69) is 66.4 Å². The van der Waals surface area contributed by atoms with Gasteiger partial charge in [0, 0.05) is 26.2 Å². The number of aryl methyl sites for hydroxylation is 1. The predicted octanol–water partition coefficient (Wildman–Crippen LogP) is 4.31. The van der Waals surface area contributed by atoms with Crippen molar-refractivity contribution in [1.82, 2.24) is 9.80 Å². The van der Waals surface area contributed by atoms with Crippen molar-refractivity contribution < 1.29 is 14.3 Å². The predicted molar refractivity (Wildman–Crippen MR) is 124 cm³/mol. The van der Waals surface area contributed by atoms with Crippen LogP contribution < -0.4 is 9.47 Å². The van der Waals surface area contributed by atoms with Gasteiger partial charge in [0.05, 0.1) is 11.6 Å². The average molecular weight is 429 g/mol. The number of rotatable bonds is 4. The highest BCUT2D eigenvalue weighted by molar-refractivity contribution is 5.98. The second kappa shape index (κ2) is 9.05. The van der Waals surface area contributed by atoms with Crippen LogP contribution in [0, 0.1) is 6.92 Å². The third kappa shape index (κ3) is 4.08. The molecule has 0 N–H and O–H groups in total. The van der Waals surface area contributed by atoms with Crippen LogP contribution in [-0.2, 0) is 0 Å². The molecule has 0 aliphatic carbocycles. The summed E-state index contributed by atoms with van der Waals surface area (Å²) in [6.45, 7) is 6.08. The molecule has 0 radical (unpaired) electrons. The van der Waals surface area contributed by atoms with Crippen molar-refractivity contribution >= 4 is 5.91 Å². The maximum Gasteiger partial charge on any atom is 0.257 e. The highest BCUT2D eigenvalue weighted by Crippen LogP contribution is 2.35. The van der Waals surface area contributed by atoms with Gasteiger partial charge in [0.15, 0.2) is 11.5 Å². The highest BCUT2D eigenvalue weighted by Gasteiger charge is 2.30. The SMILES string of the molecule is Cc1ccc(C(c2ccccc2)N2CCN(C(=O)c3cccc4c3OCCO4)CC2)cc1.